The lowest BCUT2D eigenvalue weighted by molar-refractivity contribution is -0.138. The van der Waals surface area contributed by atoms with E-state index in [1.165, 1.54) is 34.6 Å². The topological polar surface area (TPSA) is 120 Å². The number of rotatable bonds is 7. The minimum atomic E-state index is -4.90. The minimum Gasteiger partial charge on any atom is -0.462 e. The molecule has 3 aromatic heterocycles. The molecule has 1 amide bonds. The lowest BCUT2D eigenvalue weighted by Gasteiger charge is -2.27. The fourth-order valence-electron chi connectivity index (χ4n) is 3.65. The van der Waals surface area contributed by atoms with Gasteiger partial charge in [-0.25, -0.2) is 22.5 Å². The molecule has 0 aliphatic carbocycles. The highest BCUT2D eigenvalue weighted by molar-refractivity contribution is 7.91. The summed E-state index contributed by atoms with van der Waals surface area (Å²) in [6.45, 7) is 5.95. The zero-order chi connectivity index (χ0) is 31.8. The third-order valence-corrected chi connectivity index (χ3v) is 7.33. The molecule has 17 heteroatoms. The molecule has 0 aliphatic heterocycles. The van der Waals surface area contributed by atoms with Crippen molar-refractivity contribution >= 4 is 33.2 Å². The third kappa shape index (κ3) is 7.11. The van der Waals surface area contributed by atoms with Crippen molar-refractivity contribution in [1.82, 2.24) is 14.6 Å². The van der Waals surface area contributed by atoms with Crippen molar-refractivity contribution in [3.63, 3.8) is 0 Å². The van der Waals surface area contributed by atoms with Gasteiger partial charge in [-0.05, 0) is 45.9 Å². The zero-order valence-electron chi connectivity index (χ0n) is 22.9. The number of hydrogen-bond acceptors (Lipinski definition) is 8. The quantitative estimate of drug-likeness (QED) is 0.243. The van der Waals surface area contributed by atoms with Crippen molar-refractivity contribution < 1.29 is 53.8 Å². The van der Waals surface area contributed by atoms with Crippen LogP contribution in [0.2, 0.25) is 0 Å². The van der Waals surface area contributed by atoms with Crippen molar-refractivity contribution in [1.29, 1.82) is 0 Å². The van der Waals surface area contributed by atoms with Gasteiger partial charge >= 0.3 is 24.4 Å². The van der Waals surface area contributed by atoms with Crippen LogP contribution in [-0.4, -0.2) is 53.0 Å². The standard InChI is InChI=1S/C25H26F6N4O6S/c1-6-40-21(36)16-10-15(25(29,30)31)11-32-17(16)13-34(22(37)41-23(3,4)5)20-19(42(38,39)7-2)18-9-8-14(24(26,27)28)12-35(18)33-20/h8-12H,6-7,13H2,1-5H3. The molecule has 0 saturated carbocycles. The smallest absolute Gasteiger partial charge is 0.417 e. The molecule has 0 unspecified atom stereocenters. The number of hydrogen-bond donors (Lipinski definition) is 0. The number of carbonyl (C=O) groups is 2. The molecule has 230 valence electrons. The van der Waals surface area contributed by atoms with E-state index in [1.807, 2.05) is 0 Å². The van der Waals surface area contributed by atoms with E-state index in [0.29, 0.717) is 33.9 Å². The number of pyridine rings is 2. The van der Waals surface area contributed by atoms with Crippen LogP contribution in [0.5, 0.6) is 0 Å². The first kappa shape index (κ1) is 32.6. The van der Waals surface area contributed by atoms with Crippen molar-refractivity contribution in [2.24, 2.45) is 0 Å². The molecule has 3 heterocycles. The summed E-state index contributed by atoms with van der Waals surface area (Å²) in [5.74, 6) is -2.47. The first-order chi connectivity index (χ1) is 19.2. The molecule has 0 aliphatic rings. The van der Waals surface area contributed by atoms with Gasteiger partial charge in [-0.3, -0.25) is 9.88 Å². The summed E-state index contributed by atoms with van der Waals surface area (Å²) < 4.78 is 118. The Morgan fingerprint density at radius 1 is 1.00 bits per heavy atom. The van der Waals surface area contributed by atoms with Crippen LogP contribution >= 0.6 is 0 Å². The second-order valence-corrected chi connectivity index (χ2v) is 12.0. The fourth-order valence-corrected chi connectivity index (χ4v) is 4.85. The minimum absolute atomic E-state index is 0.225. The predicted octanol–water partition coefficient (Wildman–Crippen LogP) is 5.68. The Kier molecular flexibility index (Phi) is 8.87. The number of alkyl halides is 6. The largest absolute Gasteiger partial charge is 0.462 e. The van der Waals surface area contributed by atoms with Gasteiger partial charge in [0.25, 0.3) is 0 Å². The van der Waals surface area contributed by atoms with E-state index in [-0.39, 0.29) is 12.1 Å². The average molecular weight is 625 g/mol. The van der Waals surface area contributed by atoms with E-state index < -0.39 is 85.2 Å². The summed E-state index contributed by atoms with van der Waals surface area (Å²) in [5, 5.41) is 3.95. The molecule has 0 saturated heterocycles. The summed E-state index contributed by atoms with van der Waals surface area (Å²) in [4.78, 5) is 29.7. The molecule has 42 heavy (non-hydrogen) atoms. The molecule has 0 N–H and O–H groups in total. The molecule has 0 aromatic carbocycles. The number of amides is 1. The number of nitrogens with zero attached hydrogens (tertiary/aromatic N) is 4. The maximum Gasteiger partial charge on any atom is 0.417 e. The van der Waals surface area contributed by atoms with Crippen LogP contribution in [0, 0.1) is 0 Å². The van der Waals surface area contributed by atoms with E-state index in [2.05, 4.69) is 10.1 Å². The highest BCUT2D eigenvalue weighted by Gasteiger charge is 2.38. The van der Waals surface area contributed by atoms with Gasteiger partial charge in [0, 0.05) is 12.4 Å². The van der Waals surface area contributed by atoms with Crippen molar-refractivity contribution in [2.45, 2.75) is 64.0 Å². The first-order valence-corrected chi connectivity index (χ1v) is 13.9. The molecule has 0 radical (unpaired) electrons. The van der Waals surface area contributed by atoms with Gasteiger partial charge in [-0.2, -0.15) is 26.3 Å². The Morgan fingerprint density at radius 2 is 1.62 bits per heavy atom. The summed E-state index contributed by atoms with van der Waals surface area (Å²) in [6.07, 6.45) is -10.1. The predicted molar refractivity (Wildman–Crippen MR) is 136 cm³/mol. The summed E-state index contributed by atoms with van der Waals surface area (Å²) in [6, 6.07) is 1.94. The van der Waals surface area contributed by atoms with Crippen LogP contribution in [-0.2, 0) is 38.2 Å². The maximum absolute atomic E-state index is 13.4. The highest BCUT2D eigenvalue weighted by Crippen LogP contribution is 2.36. The fraction of sp³-hybridized carbons (Fsp3) is 0.440. The second kappa shape index (κ2) is 11.4. The summed E-state index contributed by atoms with van der Waals surface area (Å²) in [7, 11) is -4.31. The second-order valence-electron chi connectivity index (χ2n) is 9.80. The van der Waals surface area contributed by atoms with Crippen LogP contribution in [0.15, 0.2) is 35.5 Å². The Labute approximate surface area is 236 Å². The molecule has 10 nitrogen and oxygen atoms in total. The normalized spacial score (nSPS) is 12.8. The van der Waals surface area contributed by atoms with Gasteiger partial charge in [-0.15, -0.1) is 5.10 Å². The number of anilines is 1. The SMILES string of the molecule is CCOC(=O)c1cc(C(F)(F)F)cnc1CN(C(=O)OC(C)(C)C)c1nn2cc(C(F)(F)F)ccc2c1S(=O)(=O)CC. The average Bonchev–Trinajstić information content (AvgIpc) is 3.24. The molecule has 0 bridgehead atoms. The van der Waals surface area contributed by atoms with Gasteiger partial charge in [0.15, 0.2) is 15.7 Å². The van der Waals surface area contributed by atoms with Crippen molar-refractivity contribution in [3.8, 4) is 0 Å². The number of sulfone groups is 1. The Bertz CT molecular complexity index is 1610. The van der Waals surface area contributed by atoms with Gasteiger partial charge < -0.3 is 9.47 Å². The van der Waals surface area contributed by atoms with Gasteiger partial charge in [0.1, 0.15) is 10.5 Å². The van der Waals surface area contributed by atoms with Crippen LogP contribution in [0.1, 0.15) is 61.8 Å². The van der Waals surface area contributed by atoms with E-state index in [4.69, 9.17) is 9.47 Å². The number of carbonyl (C=O) groups excluding carboxylic acids is 2. The Hall–Kier alpha value is -3.89. The number of ether oxygens (including phenoxy) is 2. The molecular weight excluding hydrogens is 598 g/mol. The summed E-state index contributed by atoms with van der Waals surface area (Å²) in [5.41, 5.74) is -5.15. The van der Waals surface area contributed by atoms with Gasteiger partial charge in [0.2, 0.25) is 0 Å². The third-order valence-electron chi connectivity index (χ3n) is 5.56. The number of halogens is 6. The monoisotopic (exact) mass is 624 g/mol. The van der Waals surface area contributed by atoms with Crippen LogP contribution in [0.3, 0.4) is 0 Å². The molecule has 0 spiro atoms. The Balaban J connectivity index is 2.34. The van der Waals surface area contributed by atoms with Crippen LogP contribution in [0.4, 0.5) is 37.0 Å². The number of esters is 1. The van der Waals surface area contributed by atoms with Crippen LogP contribution in [0.25, 0.3) is 5.52 Å². The van der Waals surface area contributed by atoms with E-state index in [1.54, 1.807) is 0 Å². The van der Waals surface area contributed by atoms with Gasteiger partial charge in [-0.1, -0.05) is 6.92 Å². The van der Waals surface area contributed by atoms with Gasteiger partial charge in [0.05, 0.1) is 46.8 Å². The molecule has 0 atom stereocenters. The molecule has 3 aromatic rings. The van der Waals surface area contributed by atoms with E-state index >= 15 is 0 Å². The maximum atomic E-state index is 13.4. The Morgan fingerprint density at radius 3 is 2.14 bits per heavy atom. The lowest BCUT2D eigenvalue weighted by atomic mass is 10.1. The molecular formula is C25H26F6N4O6S. The molecule has 3 rings (SSSR count). The van der Waals surface area contributed by atoms with Crippen molar-refractivity contribution in [3.05, 3.63) is 53.0 Å². The first-order valence-electron chi connectivity index (χ1n) is 12.3. The lowest BCUT2D eigenvalue weighted by Crippen LogP contribution is -2.38. The number of fused-ring (bicyclic) bond motifs is 1. The van der Waals surface area contributed by atoms with Crippen molar-refractivity contribution in [2.75, 3.05) is 17.3 Å². The highest BCUT2D eigenvalue weighted by atomic mass is 32.2. The van der Waals surface area contributed by atoms with E-state index in [0.717, 1.165) is 6.07 Å². The van der Waals surface area contributed by atoms with Crippen LogP contribution < -0.4 is 4.90 Å². The summed E-state index contributed by atoms with van der Waals surface area (Å²) >= 11 is 0. The number of aromatic nitrogens is 3. The zero-order valence-corrected chi connectivity index (χ0v) is 23.7. The molecule has 0 fully saturated rings. The van der Waals surface area contributed by atoms with E-state index in [9.17, 15) is 44.3 Å².